The van der Waals surface area contributed by atoms with E-state index in [1.807, 2.05) is 6.92 Å². The molecule has 0 aliphatic carbocycles. The molecule has 4 fully saturated rings. The minimum atomic E-state index is -1.95. The molecule has 5 N–H and O–H groups in total. The number of esters is 5. The molecule has 0 aromatic rings. The predicted molar refractivity (Wildman–Crippen MR) is 194 cm³/mol. The average Bonchev–Trinajstić information content (AvgIpc) is 3.15. The molecule has 4 aliphatic heterocycles. The maximum absolute atomic E-state index is 12.9. The van der Waals surface area contributed by atoms with Crippen molar-refractivity contribution in [3.63, 3.8) is 0 Å². The van der Waals surface area contributed by atoms with Gasteiger partial charge in [-0.2, -0.15) is 0 Å². The van der Waals surface area contributed by atoms with Gasteiger partial charge in [-0.25, -0.2) is 0 Å². The second kappa shape index (κ2) is 21.8. The summed E-state index contributed by atoms with van der Waals surface area (Å²) in [6.45, 7) is 12.0. The molecule has 0 bridgehead atoms. The first-order valence-corrected chi connectivity index (χ1v) is 20.0. The molecular weight excluding hydrogens is 808 g/mol. The van der Waals surface area contributed by atoms with Crippen molar-refractivity contribution in [2.45, 2.75) is 211 Å². The van der Waals surface area contributed by atoms with Crippen molar-refractivity contribution in [2.75, 3.05) is 0 Å². The molecule has 20 atom stereocenters. The standard InChI is InChI=1S/C38H60O22/c1-10-11-12-13-22(43)57-28-15(3)49-35(48)24(45)31(28)59-38-34(56-21(9)42)33(29(17(5)52-38)54-19(7)40)60-37-26(47)32(27(16(4)51-37)53-18(6)39)58-36-25(46)30(55-20(8)41)23(44)14(2)50-36/h14-17,23-38,44-48H,10-13H2,1-9H3/t14-,15-,16-,17-,23-,24+,25+,26+,27-,28-,29-,30+,31-,32-,33+,34+,35+,36-,37-,38-/m0/s1. The summed E-state index contributed by atoms with van der Waals surface area (Å²) in [7, 11) is 0. The van der Waals surface area contributed by atoms with Crippen LogP contribution < -0.4 is 0 Å². The summed E-state index contributed by atoms with van der Waals surface area (Å²) >= 11 is 0. The van der Waals surface area contributed by atoms with E-state index in [0.29, 0.717) is 6.42 Å². The highest BCUT2D eigenvalue weighted by atomic mass is 16.8. The topological polar surface area (TPSA) is 297 Å². The van der Waals surface area contributed by atoms with Gasteiger partial charge in [-0.15, -0.1) is 0 Å². The van der Waals surface area contributed by atoms with Crippen molar-refractivity contribution in [1.29, 1.82) is 0 Å². The fraction of sp³-hybridized carbons (Fsp3) is 0.868. The lowest BCUT2D eigenvalue weighted by Gasteiger charge is -2.50. The third-order valence-corrected chi connectivity index (χ3v) is 10.4. The van der Waals surface area contributed by atoms with Crippen LogP contribution in [-0.4, -0.2) is 178 Å². The number of hydrogen-bond donors (Lipinski definition) is 5. The molecule has 0 amide bonds. The molecule has 4 aliphatic rings. The Kier molecular flexibility index (Phi) is 18.0. The van der Waals surface area contributed by atoms with Gasteiger partial charge in [0.1, 0.15) is 42.7 Å². The fourth-order valence-corrected chi connectivity index (χ4v) is 7.48. The molecule has 344 valence electrons. The van der Waals surface area contributed by atoms with Gasteiger partial charge in [-0.05, 0) is 34.1 Å². The second-order valence-corrected chi connectivity index (χ2v) is 15.3. The summed E-state index contributed by atoms with van der Waals surface area (Å²) in [4.78, 5) is 62.1. The second-order valence-electron chi connectivity index (χ2n) is 15.3. The first kappa shape index (κ1) is 49.5. The highest BCUT2D eigenvalue weighted by molar-refractivity contribution is 5.69. The molecule has 4 rings (SSSR count). The van der Waals surface area contributed by atoms with E-state index in [1.54, 1.807) is 0 Å². The number of unbranched alkanes of at least 4 members (excludes halogenated alkanes) is 2. The molecule has 0 aromatic heterocycles. The molecule has 60 heavy (non-hydrogen) atoms. The quantitative estimate of drug-likeness (QED) is 0.0732. The summed E-state index contributed by atoms with van der Waals surface area (Å²) in [5, 5.41) is 55.3. The summed E-state index contributed by atoms with van der Waals surface area (Å²) in [6, 6.07) is 0. The number of aliphatic hydroxyl groups excluding tert-OH is 5. The molecule has 0 spiro atoms. The molecule has 0 aromatic carbocycles. The summed E-state index contributed by atoms with van der Waals surface area (Å²) < 4.78 is 69.2. The van der Waals surface area contributed by atoms with Crippen LogP contribution >= 0.6 is 0 Å². The zero-order valence-electron chi connectivity index (χ0n) is 35.1. The maximum atomic E-state index is 12.9. The van der Waals surface area contributed by atoms with Crippen molar-refractivity contribution in [1.82, 2.24) is 0 Å². The third-order valence-electron chi connectivity index (χ3n) is 10.4. The van der Waals surface area contributed by atoms with Crippen molar-refractivity contribution in [2.24, 2.45) is 0 Å². The van der Waals surface area contributed by atoms with Crippen LogP contribution in [0.1, 0.15) is 88.0 Å². The lowest BCUT2D eigenvalue weighted by molar-refractivity contribution is -0.384. The third kappa shape index (κ3) is 12.3. The predicted octanol–water partition coefficient (Wildman–Crippen LogP) is -1.22. The summed E-state index contributed by atoms with van der Waals surface area (Å²) in [5.41, 5.74) is 0. The monoisotopic (exact) mass is 868 g/mol. The lowest BCUT2D eigenvalue weighted by Crippen LogP contribution is -2.67. The Hall–Kier alpha value is -3.13. The van der Waals surface area contributed by atoms with Gasteiger partial charge in [0.2, 0.25) is 0 Å². The normalized spacial score (nSPS) is 42.0. The Morgan fingerprint density at radius 2 is 0.833 bits per heavy atom. The van der Waals surface area contributed by atoms with E-state index < -0.39 is 153 Å². The van der Waals surface area contributed by atoms with Crippen LogP contribution in [0, 0.1) is 0 Å². The fourth-order valence-electron chi connectivity index (χ4n) is 7.48. The van der Waals surface area contributed by atoms with Gasteiger partial charge in [0.05, 0.1) is 24.4 Å². The molecule has 4 heterocycles. The van der Waals surface area contributed by atoms with E-state index >= 15 is 0 Å². The Morgan fingerprint density at radius 1 is 0.433 bits per heavy atom. The lowest BCUT2D eigenvalue weighted by atomic mass is 9.95. The van der Waals surface area contributed by atoms with Crippen LogP contribution in [0.25, 0.3) is 0 Å². The van der Waals surface area contributed by atoms with Gasteiger partial charge in [0, 0.05) is 34.1 Å². The number of ether oxygens (including phenoxy) is 12. The van der Waals surface area contributed by atoms with Crippen molar-refractivity contribution in [3.8, 4) is 0 Å². The smallest absolute Gasteiger partial charge is 0.306 e. The molecule has 22 nitrogen and oxygen atoms in total. The van der Waals surface area contributed by atoms with E-state index in [1.165, 1.54) is 27.7 Å². The molecular formula is C38H60O22. The van der Waals surface area contributed by atoms with E-state index in [-0.39, 0.29) is 6.42 Å². The molecule has 0 saturated carbocycles. The maximum Gasteiger partial charge on any atom is 0.306 e. The SMILES string of the molecule is CCCCCC(=O)O[C@@H]1[C@@H](O[C@@H]2O[C@@H](C)[C@H](OC(C)=O)[C@@H](O[C@@H]3O[C@@H](C)[C@H](OC(C)=O)[C@@H](O[C@@H]4O[C@@H](C)[C@H](O)[C@@H](OC(C)=O)[C@H]4O)[C@H]3O)[C@H]2OC(C)=O)[C@@H](O)[C@H](O)O[C@H]1C. The van der Waals surface area contributed by atoms with Crippen LogP contribution in [-0.2, 0) is 80.8 Å². The minimum Gasteiger partial charge on any atom is -0.457 e. The van der Waals surface area contributed by atoms with E-state index in [9.17, 15) is 49.5 Å². The van der Waals surface area contributed by atoms with Crippen molar-refractivity contribution < 1.29 is 106 Å². The van der Waals surface area contributed by atoms with Crippen molar-refractivity contribution in [3.05, 3.63) is 0 Å². The minimum absolute atomic E-state index is 0.0419. The van der Waals surface area contributed by atoms with E-state index in [0.717, 1.165) is 40.5 Å². The van der Waals surface area contributed by atoms with Crippen molar-refractivity contribution >= 4 is 29.8 Å². The van der Waals surface area contributed by atoms with Crippen LogP contribution in [0.15, 0.2) is 0 Å². The molecule has 4 saturated heterocycles. The van der Waals surface area contributed by atoms with Crippen LogP contribution in [0.3, 0.4) is 0 Å². The van der Waals surface area contributed by atoms with Gasteiger partial charge in [-0.1, -0.05) is 19.8 Å². The number of hydrogen-bond acceptors (Lipinski definition) is 22. The van der Waals surface area contributed by atoms with Crippen LogP contribution in [0.4, 0.5) is 0 Å². The van der Waals surface area contributed by atoms with Gasteiger partial charge < -0.3 is 82.4 Å². The Balaban J connectivity index is 1.69. The zero-order chi connectivity index (χ0) is 44.7. The first-order valence-electron chi connectivity index (χ1n) is 20.0. The zero-order valence-corrected chi connectivity index (χ0v) is 35.1. The summed E-state index contributed by atoms with van der Waals surface area (Å²) in [6.07, 6.45) is -28.6. The van der Waals surface area contributed by atoms with Crippen LogP contribution in [0.5, 0.6) is 0 Å². The van der Waals surface area contributed by atoms with Gasteiger partial charge in [0.15, 0.2) is 55.7 Å². The Bertz CT molecular complexity index is 1460. The first-order chi connectivity index (χ1) is 28.1. The number of rotatable bonds is 15. The van der Waals surface area contributed by atoms with Gasteiger partial charge in [0.25, 0.3) is 0 Å². The number of carbonyl (C=O) groups excluding carboxylic acids is 5. The molecule has 22 heteroatoms. The van der Waals surface area contributed by atoms with E-state index in [2.05, 4.69) is 0 Å². The average molecular weight is 869 g/mol. The Morgan fingerprint density at radius 3 is 1.38 bits per heavy atom. The molecule has 0 radical (unpaired) electrons. The number of aliphatic hydroxyl groups is 5. The van der Waals surface area contributed by atoms with Crippen LogP contribution in [0.2, 0.25) is 0 Å². The summed E-state index contributed by atoms with van der Waals surface area (Å²) in [5.74, 6) is -4.02. The highest BCUT2D eigenvalue weighted by Crippen LogP contribution is 2.37. The van der Waals surface area contributed by atoms with Gasteiger partial charge >= 0.3 is 29.8 Å². The highest BCUT2D eigenvalue weighted by Gasteiger charge is 2.58. The largest absolute Gasteiger partial charge is 0.457 e. The van der Waals surface area contributed by atoms with Gasteiger partial charge in [-0.3, -0.25) is 24.0 Å². The molecule has 0 unspecified atom stereocenters. The number of carbonyl (C=O) groups is 5. The Labute approximate surface area is 346 Å². The van der Waals surface area contributed by atoms with E-state index in [4.69, 9.17) is 56.8 Å².